The minimum Gasteiger partial charge on any atom is -0.467 e. The SMILES string of the molecule is COC(=O)N[C@@H](C[C@@H](C)C(Cl)Cl)C(=O)OC. The Labute approximate surface area is 104 Å². The van der Waals surface area contributed by atoms with E-state index in [4.69, 9.17) is 23.2 Å². The van der Waals surface area contributed by atoms with Gasteiger partial charge in [0, 0.05) is 0 Å². The van der Waals surface area contributed by atoms with Crippen molar-refractivity contribution in [3.63, 3.8) is 0 Å². The fourth-order valence-corrected chi connectivity index (χ4v) is 1.24. The van der Waals surface area contributed by atoms with Crippen molar-refractivity contribution in [2.45, 2.75) is 24.2 Å². The zero-order valence-electron chi connectivity index (χ0n) is 9.33. The smallest absolute Gasteiger partial charge is 0.407 e. The topological polar surface area (TPSA) is 64.6 Å². The lowest BCUT2D eigenvalue weighted by molar-refractivity contribution is -0.143. The van der Waals surface area contributed by atoms with Crippen molar-refractivity contribution in [2.24, 2.45) is 5.92 Å². The van der Waals surface area contributed by atoms with Gasteiger partial charge in [0.25, 0.3) is 0 Å². The fourth-order valence-electron chi connectivity index (χ4n) is 1.03. The molecular weight excluding hydrogens is 257 g/mol. The number of alkyl halides is 2. The summed E-state index contributed by atoms with van der Waals surface area (Å²) in [6.07, 6.45) is -0.428. The fraction of sp³-hybridized carbons (Fsp3) is 0.778. The van der Waals surface area contributed by atoms with Crippen molar-refractivity contribution in [2.75, 3.05) is 14.2 Å². The van der Waals surface area contributed by atoms with Gasteiger partial charge in [-0.2, -0.15) is 0 Å². The summed E-state index contributed by atoms with van der Waals surface area (Å²) in [5.74, 6) is -0.726. The van der Waals surface area contributed by atoms with Crippen LogP contribution in [0.2, 0.25) is 0 Å². The van der Waals surface area contributed by atoms with Gasteiger partial charge in [0.2, 0.25) is 0 Å². The van der Waals surface area contributed by atoms with Gasteiger partial charge in [0.05, 0.1) is 14.2 Å². The van der Waals surface area contributed by atoms with Crippen LogP contribution < -0.4 is 5.32 Å². The van der Waals surface area contributed by atoms with E-state index in [1.54, 1.807) is 6.92 Å². The van der Waals surface area contributed by atoms with Crippen LogP contribution in [0.5, 0.6) is 0 Å². The van der Waals surface area contributed by atoms with Crippen LogP contribution in [0, 0.1) is 5.92 Å². The molecule has 0 aromatic carbocycles. The number of carbonyl (C=O) groups is 2. The number of rotatable bonds is 5. The lowest BCUT2D eigenvalue weighted by Gasteiger charge is -2.20. The first kappa shape index (κ1) is 15.3. The Morgan fingerprint density at radius 3 is 2.19 bits per heavy atom. The second kappa shape index (κ2) is 7.57. The summed E-state index contributed by atoms with van der Waals surface area (Å²) in [5.41, 5.74) is 0. The number of alkyl carbamates (subject to hydrolysis) is 1. The zero-order valence-corrected chi connectivity index (χ0v) is 10.8. The minimum atomic E-state index is -0.813. The van der Waals surface area contributed by atoms with Gasteiger partial charge in [-0.15, -0.1) is 23.2 Å². The van der Waals surface area contributed by atoms with Crippen LogP contribution in [0.3, 0.4) is 0 Å². The molecule has 7 heteroatoms. The quantitative estimate of drug-likeness (QED) is 0.611. The summed E-state index contributed by atoms with van der Waals surface area (Å²) in [6, 6.07) is -0.813. The molecule has 5 nitrogen and oxygen atoms in total. The molecule has 1 N–H and O–H groups in total. The lowest BCUT2D eigenvalue weighted by atomic mass is 10.0. The Bertz CT molecular complexity index is 248. The monoisotopic (exact) mass is 271 g/mol. The molecule has 0 saturated carbocycles. The standard InChI is InChI=1S/C9H15Cl2NO4/c1-5(7(10)11)4-6(8(13)15-2)12-9(14)16-3/h5-7H,4H2,1-3H3,(H,12,14)/t5-,6+/m1/s1. The molecule has 0 fully saturated rings. The summed E-state index contributed by atoms with van der Waals surface area (Å²) in [5, 5.41) is 2.35. The average Bonchev–Trinajstić information content (AvgIpc) is 2.26. The summed E-state index contributed by atoms with van der Waals surface area (Å²) < 4.78 is 8.94. The van der Waals surface area contributed by atoms with Crippen molar-refractivity contribution in [3.8, 4) is 0 Å². The number of methoxy groups -OCH3 is 2. The molecule has 0 radical (unpaired) electrons. The molecule has 0 unspecified atom stereocenters. The van der Waals surface area contributed by atoms with Crippen LogP contribution in [0.15, 0.2) is 0 Å². The molecule has 0 spiro atoms. The molecule has 0 aliphatic heterocycles. The zero-order chi connectivity index (χ0) is 12.7. The molecule has 0 bridgehead atoms. The molecule has 94 valence electrons. The third-order valence-electron chi connectivity index (χ3n) is 2.00. The molecule has 2 atom stereocenters. The summed E-state index contributed by atoms with van der Waals surface area (Å²) in [7, 11) is 2.44. The molecule has 0 aromatic heterocycles. The van der Waals surface area contributed by atoms with Crippen LogP contribution in [-0.4, -0.2) is 37.2 Å². The van der Waals surface area contributed by atoms with Crippen LogP contribution in [-0.2, 0) is 14.3 Å². The van der Waals surface area contributed by atoms with E-state index in [1.807, 2.05) is 0 Å². The van der Waals surface area contributed by atoms with Crippen LogP contribution >= 0.6 is 23.2 Å². The first-order chi connectivity index (χ1) is 7.42. The largest absolute Gasteiger partial charge is 0.467 e. The molecule has 0 aromatic rings. The van der Waals surface area contributed by atoms with E-state index in [1.165, 1.54) is 14.2 Å². The maximum atomic E-state index is 11.3. The highest BCUT2D eigenvalue weighted by Gasteiger charge is 2.26. The van der Waals surface area contributed by atoms with E-state index in [0.29, 0.717) is 0 Å². The Balaban J connectivity index is 4.43. The number of nitrogens with one attached hydrogen (secondary N) is 1. The second-order valence-corrected chi connectivity index (χ2v) is 4.42. The number of ether oxygens (including phenoxy) is 2. The first-order valence-electron chi connectivity index (χ1n) is 4.62. The highest BCUT2D eigenvalue weighted by atomic mass is 35.5. The van der Waals surface area contributed by atoms with Gasteiger partial charge in [0.1, 0.15) is 10.9 Å². The number of esters is 1. The van der Waals surface area contributed by atoms with E-state index >= 15 is 0 Å². The molecule has 0 aliphatic rings. The first-order valence-corrected chi connectivity index (χ1v) is 5.50. The van der Waals surface area contributed by atoms with Crippen molar-refractivity contribution < 1.29 is 19.1 Å². The lowest BCUT2D eigenvalue weighted by Crippen LogP contribution is -2.43. The molecular formula is C9H15Cl2NO4. The third-order valence-corrected chi connectivity index (χ3v) is 2.86. The molecule has 0 heterocycles. The number of carbonyl (C=O) groups excluding carboxylic acids is 2. The molecule has 1 amide bonds. The highest BCUT2D eigenvalue weighted by Crippen LogP contribution is 2.20. The highest BCUT2D eigenvalue weighted by molar-refractivity contribution is 6.44. The Hall–Kier alpha value is -0.680. The molecule has 0 saturated heterocycles. The van der Waals surface area contributed by atoms with E-state index in [2.05, 4.69) is 14.8 Å². The number of hydrogen-bond acceptors (Lipinski definition) is 4. The van der Waals surface area contributed by atoms with Crippen molar-refractivity contribution in [3.05, 3.63) is 0 Å². The van der Waals surface area contributed by atoms with Gasteiger partial charge in [-0.25, -0.2) is 9.59 Å². The predicted molar refractivity (Wildman–Crippen MR) is 60.6 cm³/mol. The van der Waals surface area contributed by atoms with Gasteiger partial charge in [-0.1, -0.05) is 6.92 Å². The number of hydrogen-bond donors (Lipinski definition) is 1. The van der Waals surface area contributed by atoms with Gasteiger partial charge >= 0.3 is 12.1 Å². The van der Waals surface area contributed by atoms with Gasteiger partial charge in [0.15, 0.2) is 0 Å². The summed E-state index contributed by atoms with van der Waals surface area (Å²) in [6.45, 7) is 1.76. The van der Waals surface area contributed by atoms with Gasteiger partial charge < -0.3 is 14.8 Å². The maximum Gasteiger partial charge on any atom is 0.407 e. The van der Waals surface area contributed by atoms with Crippen molar-refractivity contribution in [1.82, 2.24) is 5.32 Å². The Kier molecular flexibility index (Phi) is 7.25. The average molecular weight is 272 g/mol. The van der Waals surface area contributed by atoms with Crippen molar-refractivity contribution in [1.29, 1.82) is 0 Å². The Morgan fingerprint density at radius 2 is 1.81 bits per heavy atom. The molecule has 0 rings (SSSR count). The maximum absolute atomic E-state index is 11.3. The van der Waals surface area contributed by atoms with Gasteiger partial charge in [-0.05, 0) is 12.3 Å². The predicted octanol–water partition coefficient (Wildman–Crippen LogP) is 1.71. The molecule has 0 aliphatic carbocycles. The van der Waals surface area contributed by atoms with Crippen LogP contribution in [0.1, 0.15) is 13.3 Å². The van der Waals surface area contributed by atoms with E-state index in [9.17, 15) is 9.59 Å². The number of halogens is 2. The van der Waals surface area contributed by atoms with E-state index in [0.717, 1.165) is 0 Å². The Morgan fingerprint density at radius 1 is 1.25 bits per heavy atom. The molecule has 16 heavy (non-hydrogen) atoms. The normalized spacial score (nSPS) is 14.1. The summed E-state index contributed by atoms with van der Waals surface area (Å²) >= 11 is 11.3. The van der Waals surface area contributed by atoms with E-state index < -0.39 is 22.9 Å². The van der Waals surface area contributed by atoms with Crippen LogP contribution in [0.4, 0.5) is 4.79 Å². The number of amides is 1. The van der Waals surface area contributed by atoms with Crippen LogP contribution in [0.25, 0.3) is 0 Å². The minimum absolute atomic E-state index is 0.162. The second-order valence-electron chi connectivity index (χ2n) is 3.26. The van der Waals surface area contributed by atoms with E-state index in [-0.39, 0.29) is 12.3 Å². The third kappa shape index (κ3) is 5.42. The van der Waals surface area contributed by atoms with Crippen molar-refractivity contribution >= 4 is 35.3 Å². The summed E-state index contributed by atoms with van der Waals surface area (Å²) in [4.78, 5) is 21.7. The van der Waals surface area contributed by atoms with Gasteiger partial charge in [-0.3, -0.25) is 0 Å².